The quantitative estimate of drug-likeness (QED) is 0.921. The summed E-state index contributed by atoms with van der Waals surface area (Å²) < 4.78 is 5.86. The van der Waals surface area contributed by atoms with Gasteiger partial charge in [-0.05, 0) is 24.6 Å². The van der Waals surface area contributed by atoms with Gasteiger partial charge in [-0.25, -0.2) is 0 Å². The van der Waals surface area contributed by atoms with Gasteiger partial charge < -0.3 is 15.0 Å². The Morgan fingerprint density at radius 3 is 2.80 bits per heavy atom. The summed E-state index contributed by atoms with van der Waals surface area (Å²) in [4.78, 5) is 2.12. The fraction of sp³-hybridized carbons (Fsp3) is 0.625. The standard InChI is InChI=1S/C16H23ClN2O/c1-16(2)14(11-7-8-20-15(11)16)18-12-9-10(17)5-6-13(12)19(3)4/h5-6,9,11,14-15,18H,7-8H2,1-4H3. The van der Waals surface area contributed by atoms with Gasteiger partial charge in [0.2, 0.25) is 0 Å². The van der Waals surface area contributed by atoms with Crippen LogP contribution in [0.2, 0.25) is 5.02 Å². The smallest absolute Gasteiger partial charge is 0.0694 e. The molecule has 1 saturated heterocycles. The van der Waals surface area contributed by atoms with Crippen LogP contribution in [0.5, 0.6) is 0 Å². The van der Waals surface area contributed by atoms with Gasteiger partial charge >= 0.3 is 0 Å². The molecule has 3 atom stereocenters. The zero-order valence-electron chi connectivity index (χ0n) is 12.6. The second-order valence-electron chi connectivity index (χ2n) is 6.74. The van der Waals surface area contributed by atoms with E-state index in [4.69, 9.17) is 16.3 Å². The van der Waals surface area contributed by atoms with Gasteiger partial charge in [-0.1, -0.05) is 25.4 Å². The van der Waals surface area contributed by atoms with Gasteiger partial charge in [0, 0.05) is 43.1 Å². The number of ether oxygens (including phenoxy) is 1. The van der Waals surface area contributed by atoms with Gasteiger partial charge in [0.15, 0.2) is 0 Å². The Morgan fingerprint density at radius 2 is 2.10 bits per heavy atom. The molecule has 1 heterocycles. The van der Waals surface area contributed by atoms with Crippen LogP contribution < -0.4 is 10.2 Å². The highest BCUT2D eigenvalue weighted by Gasteiger charge is 2.59. The summed E-state index contributed by atoms with van der Waals surface area (Å²) in [6.45, 7) is 5.47. The number of hydrogen-bond donors (Lipinski definition) is 1. The summed E-state index contributed by atoms with van der Waals surface area (Å²) in [7, 11) is 4.11. The zero-order valence-corrected chi connectivity index (χ0v) is 13.4. The van der Waals surface area contributed by atoms with Crippen LogP contribution in [-0.2, 0) is 4.74 Å². The average molecular weight is 295 g/mol. The Bertz CT molecular complexity index is 515. The minimum Gasteiger partial charge on any atom is -0.380 e. The Kier molecular flexibility index (Phi) is 3.38. The average Bonchev–Trinajstić information content (AvgIpc) is 2.82. The van der Waals surface area contributed by atoms with E-state index >= 15 is 0 Å². The van der Waals surface area contributed by atoms with Crippen molar-refractivity contribution in [3.05, 3.63) is 23.2 Å². The molecular formula is C16H23ClN2O. The van der Waals surface area contributed by atoms with Crippen molar-refractivity contribution in [1.82, 2.24) is 0 Å². The topological polar surface area (TPSA) is 24.5 Å². The second kappa shape index (κ2) is 4.81. The number of rotatable bonds is 3. The van der Waals surface area contributed by atoms with Gasteiger partial charge in [0.1, 0.15) is 0 Å². The lowest BCUT2D eigenvalue weighted by molar-refractivity contribution is -0.0922. The minimum absolute atomic E-state index is 0.174. The van der Waals surface area contributed by atoms with Crippen molar-refractivity contribution in [2.75, 3.05) is 30.9 Å². The minimum atomic E-state index is 0.174. The van der Waals surface area contributed by atoms with E-state index in [0.717, 1.165) is 23.7 Å². The highest BCUT2D eigenvalue weighted by atomic mass is 35.5. The Hall–Kier alpha value is -0.930. The largest absolute Gasteiger partial charge is 0.380 e. The fourth-order valence-corrected chi connectivity index (χ4v) is 3.97. The highest BCUT2D eigenvalue weighted by molar-refractivity contribution is 6.31. The molecule has 0 aromatic heterocycles. The number of nitrogens with one attached hydrogen (secondary N) is 1. The van der Waals surface area contributed by atoms with E-state index in [1.807, 2.05) is 12.1 Å². The van der Waals surface area contributed by atoms with Gasteiger partial charge in [-0.15, -0.1) is 0 Å². The number of fused-ring (bicyclic) bond motifs is 1. The monoisotopic (exact) mass is 294 g/mol. The molecule has 2 fully saturated rings. The highest BCUT2D eigenvalue weighted by Crippen LogP contribution is 2.53. The van der Waals surface area contributed by atoms with Crippen molar-refractivity contribution in [1.29, 1.82) is 0 Å². The molecule has 1 saturated carbocycles. The Morgan fingerprint density at radius 1 is 1.35 bits per heavy atom. The molecule has 4 heteroatoms. The molecular weight excluding hydrogens is 272 g/mol. The summed E-state index contributed by atoms with van der Waals surface area (Å²) in [6, 6.07) is 6.48. The molecule has 2 aliphatic rings. The third-order valence-electron chi connectivity index (χ3n) is 4.85. The SMILES string of the molecule is CN(C)c1ccc(Cl)cc1NC1C2CCOC2C1(C)C. The van der Waals surface area contributed by atoms with Crippen molar-refractivity contribution in [2.45, 2.75) is 32.4 Å². The summed E-state index contributed by atoms with van der Waals surface area (Å²) in [6.07, 6.45) is 1.56. The third kappa shape index (κ3) is 2.08. The molecule has 3 rings (SSSR count). The van der Waals surface area contributed by atoms with Crippen LogP contribution >= 0.6 is 11.6 Å². The molecule has 1 aliphatic heterocycles. The van der Waals surface area contributed by atoms with Gasteiger partial charge in [-0.3, -0.25) is 0 Å². The Labute approximate surface area is 126 Å². The van der Waals surface area contributed by atoms with E-state index in [1.165, 1.54) is 5.69 Å². The number of halogens is 1. The van der Waals surface area contributed by atoms with Gasteiger partial charge in [-0.2, -0.15) is 0 Å². The number of hydrogen-bond acceptors (Lipinski definition) is 3. The van der Waals surface area contributed by atoms with E-state index in [0.29, 0.717) is 18.1 Å². The predicted molar refractivity (Wildman–Crippen MR) is 84.8 cm³/mol. The van der Waals surface area contributed by atoms with Crippen LogP contribution in [0.3, 0.4) is 0 Å². The molecule has 20 heavy (non-hydrogen) atoms. The van der Waals surface area contributed by atoms with Gasteiger partial charge in [0.25, 0.3) is 0 Å². The van der Waals surface area contributed by atoms with E-state index in [1.54, 1.807) is 0 Å². The molecule has 3 unspecified atom stereocenters. The second-order valence-corrected chi connectivity index (χ2v) is 7.18. The van der Waals surface area contributed by atoms with Crippen LogP contribution in [0.1, 0.15) is 20.3 Å². The molecule has 1 aromatic rings. The summed E-state index contributed by atoms with van der Waals surface area (Å²) >= 11 is 6.17. The molecule has 1 N–H and O–H groups in total. The van der Waals surface area contributed by atoms with Crippen LogP contribution in [-0.4, -0.2) is 32.8 Å². The van der Waals surface area contributed by atoms with Crippen molar-refractivity contribution in [3.8, 4) is 0 Å². The molecule has 3 nitrogen and oxygen atoms in total. The molecule has 110 valence electrons. The van der Waals surface area contributed by atoms with E-state index in [9.17, 15) is 0 Å². The zero-order chi connectivity index (χ0) is 14.5. The van der Waals surface area contributed by atoms with Crippen molar-refractivity contribution in [3.63, 3.8) is 0 Å². The van der Waals surface area contributed by atoms with E-state index in [2.05, 4.69) is 44.2 Å². The van der Waals surface area contributed by atoms with Crippen molar-refractivity contribution < 1.29 is 4.74 Å². The van der Waals surface area contributed by atoms with Crippen LogP contribution in [0.15, 0.2) is 18.2 Å². The molecule has 1 aliphatic carbocycles. The lowest BCUT2D eigenvalue weighted by atomic mass is 9.57. The lowest BCUT2D eigenvalue weighted by Crippen LogP contribution is -2.63. The van der Waals surface area contributed by atoms with Crippen LogP contribution in [0.4, 0.5) is 11.4 Å². The first kappa shape index (κ1) is 14.0. The van der Waals surface area contributed by atoms with Gasteiger partial charge in [0.05, 0.1) is 17.5 Å². The molecule has 0 radical (unpaired) electrons. The molecule has 1 aromatic carbocycles. The first-order valence-electron chi connectivity index (χ1n) is 7.26. The molecule has 0 amide bonds. The van der Waals surface area contributed by atoms with Crippen LogP contribution in [0.25, 0.3) is 0 Å². The van der Waals surface area contributed by atoms with Crippen molar-refractivity contribution >= 4 is 23.0 Å². The Balaban J connectivity index is 1.86. The summed E-state index contributed by atoms with van der Waals surface area (Å²) in [5.74, 6) is 0.624. The lowest BCUT2D eigenvalue weighted by Gasteiger charge is -2.55. The number of benzene rings is 1. The normalized spacial score (nSPS) is 30.6. The maximum Gasteiger partial charge on any atom is 0.0694 e. The van der Waals surface area contributed by atoms with Crippen LogP contribution in [0, 0.1) is 11.3 Å². The maximum atomic E-state index is 6.17. The van der Waals surface area contributed by atoms with E-state index in [-0.39, 0.29) is 5.41 Å². The summed E-state index contributed by atoms with van der Waals surface area (Å²) in [5.41, 5.74) is 2.46. The predicted octanol–water partition coefficient (Wildman–Crippen LogP) is 3.63. The molecule has 0 spiro atoms. The fourth-order valence-electron chi connectivity index (χ4n) is 3.80. The number of nitrogens with zero attached hydrogens (tertiary/aromatic N) is 1. The van der Waals surface area contributed by atoms with E-state index < -0.39 is 0 Å². The first-order valence-corrected chi connectivity index (χ1v) is 7.64. The van der Waals surface area contributed by atoms with Crippen molar-refractivity contribution in [2.24, 2.45) is 11.3 Å². The third-order valence-corrected chi connectivity index (χ3v) is 5.09. The summed E-state index contributed by atoms with van der Waals surface area (Å²) in [5, 5.41) is 4.50. The first-order chi connectivity index (χ1) is 9.41. The maximum absolute atomic E-state index is 6.17. The molecule has 0 bridgehead atoms. The number of anilines is 2.